The summed E-state index contributed by atoms with van der Waals surface area (Å²) in [6, 6.07) is 19.5. The van der Waals surface area contributed by atoms with E-state index < -0.39 is 11.0 Å². The summed E-state index contributed by atoms with van der Waals surface area (Å²) in [4.78, 5) is 26.3. The highest BCUT2D eigenvalue weighted by molar-refractivity contribution is 7.82. The molecule has 5 unspecified atom stereocenters. The summed E-state index contributed by atoms with van der Waals surface area (Å²) >= 11 is 0. The number of fused-ring (bicyclic) bond motifs is 1. The molecule has 0 bridgehead atoms. The van der Waals surface area contributed by atoms with Crippen molar-refractivity contribution in [1.82, 2.24) is 19.8 Å². The zero-order chi connectivity index (χ0) is 32.9. The van der Waals surface area contributed by atoms with Crippen molar-refractivity contribution in [2.45, 2.75) is 94.0 Å². The molecule has 8 rings (SSSR count). The molecule has 2 aliphatic carbocycles. The van der Waals surface area contributed by atoms with Crippen molar-refractivity contribution >= 4 is 27.9 Å². The molecule has 5 N–H and O–H groups in total. The Balaban J connectivity index is 0.000000372. The number of halogens is 1. The van der Waals surface area contributed by atoms with Crippen LogP contribution in [0.2, 0.25) is 0 Å². The molecule has 48 heavy (non-hydrogen) atoms. The normalized spacial score (nSPS) is 25.8. The van der Waals surface area contributed by atoms with Crippen LogP contribution >= 0.6 is 0 Å². The third-order valence-corrected chi connectivity index (χ3v) is 12.8. The van der Waals surface area contributed by atoms with Gasteiger partial charge in [-0.25, -0.2) is 18.7 Å². The minimum atomic E-state index is -1.64. The maximum atomic E-state index is 14.4. The van der Waals surface area contributed by atoms with E-state index in [9.17, 15) is 13.4 Å². The van der Waals surface area contributed by atoms with Gasteiger partial charge < -0.3 is 15.4 Å². The molecule has 2 aliphatic heterocycles. The Labute approximate surface area is 288 Å². The predicted molar refractivity (Wildman–Crippen MR) is 193 cm³/mol. The number of benzene rings is 3. The van der Waals surface area contributed by atoms with E-state index in [1.807, 2.05) is 62.1 Å². The Morgan fingerprint density at radius 2 is 1.81 bits per heavy atom. The molecule has 10 heteroatoms. The average Bonchev–Trinajstić information content (AvgIpc) is 3.58. The molecule has 8 nitrogen and oxygen atoms in total. The molecular formula is C38H52FN5O3S. The quantitative estimate of drug-likeness (QED) is 0.225. The second kappa shape index (κ2) is 13.5. The Bertz CT molecular complexity index is 1820. The number of aromatic nitrogens is 2. The van der Waals surface area contributed by atoms with Crippen molar-refractivity contribution in [2.24, 2.45) is 11.1 Å². The van der Waals surface area contributed by atoms with Gasteiger partial charge in [0.25, 0.3) is 5.91 Å². The third-order valence-electron chi connectivity index (χ3n) is 11.9. The van der Waals surface area contributed by atoms with Gasteiger partial charge >= 0.3 is 0 Å². The number of rotatable bonds is 6. The highest BCUT2D eigenvalue weighted by Crippen LogP contribution is 2.64. The van der Waals surface area contributed by atoms with Crippen LogP contribution in [0.15, 0.2) is 65.6 Å². The van der Waals surface area contributed by atoms with Gasteiger partial charge in [0.15, 0.2) is 0 Å². The fourth-order valence-corrected chi connectivity index (χ4v) is 9.85. The molecule has 0 radical (unpaired) electrons. The number of carbonyl (C=O) groups excluding carboxylic acids is 1. The number of H-pyrrole nitrogens is 1. The first kappa shape index (κ1) is 34.4. The zero-order valence-electron chi connectivity index (χ0n) is 28.2. The fourth-order valence-electron chi connectivity index (χ4n) is 9.25. The number of hydrogen-bond acceptors (Lipinski definition) is 4. The Morgan fingerprint density at radius 3 is 2.48 bits per heavy atom. The Kier molecular flexibility index (Phi) is 9.65. The summed E-state index contributed by atoms with van der Waals surface area (Å²) in [7, 11) is -1.64. The topological polar surface area (TPSA) is 127 Å². The number of hydrogen-bond donors (Lipinski definition) is 2. The average molecular weight is 678 g/mol. The SMILES string of the molecule is Cc1ccc(S(N)=O)c(C)c1C(=O)N1CCC(CCN2C3CCCC4CCC432)(c2cccc(F)c2)CC1.Cc1nc2ccccc2[nH]1.O.[HH].[HH]. The van der Waals surface area contributed by atoms with Gasteiger partial charge in [0, 0.05) is 33.1 Å². The Hall–Kier alpha value is -3.44. The van der Waals surface area contributed by atoms with E-state index in [4.69, 9.17) is 5.14 Å². The van der Waals surface area contributed by atoms with Gasteiger partial charge in [-0.05, 0) is 131 Å². The van der Waals surface area contributed by atoms with E-state index >= 15 is 0 Å². The van der Waals surface area contributed by atoms with E-state index in [1.165, 1.54) is 38.2 Å². The molecule has 1 aromatic heterocycles. The minimum absolute atomic E-state index is 0. The number of nitrogens with one attached hydrogen (secondary N) is 1. The largest absolute Gasteiger partial charge is 0.412 e. The van der Waals surface area contributed by atoms with Crippen molar-refractivity contribution in [3.63, 3.8) is 0 Å². The molecule has 3 heterocycles. The van der Waals surface area contributed by atoms with E-state index in [1.54, 1.807) is 12.1 Å². The van der Waals surface area contributed by atoms with E-state index in [0.29, 0.717) is 34.7 Å². The Morgan fingerprint density at radius 1 is 1.04 bits per heavy atom. The van der Waals surface area contributed by atoms with Gasteiger partial charge in [0.2, 0.25) is 0 Å². The monoisotopic (exact) mass is 677 g/mol. The van der Waals surface area contributed by atoms with Crippen LogP contribution in [-0.4, -0.2) is 66.6 Å². The summed E-state index contributed by atoms with van der Waals surface area (Å²) in [5, 5.41) is 5.67. The lowest BCUT2D eigenvalue weighted by Gasteiger charge is -2.44. The summed E-state index contributed by atoms with van der Waals surface area (Å²) in [6.07, 6.45) is 9.45. The van der Waals surface area contributed by atoms with Crippen molar-refractivity contribution in [3.8, 4) is 0 Å². The van der Waals surface area contributed by atoms with Gasteiger partial charge in [-0.1, -0.05) is 36.8 Å². The first-order valence-electron chi connectivity index (χ1n) is 17.1. The highest BCUT2D eigenvalue weighted by Gasteiger charge is 2.70. The second-order valence-electron chi connectivity index (χ2n) is 14.2. The van der Waals surface area contributed by atoms with Crippen molar-refractivity contribution < 1.29 is 21.7 Å². The lowest BCUT2D eigenvalue weighted by molar-refractivity contribution is 0.0647. The van der Waals surface area contributed by atoms with E-state index in [2.05, 4.69) is 20.9 Å². The molecule has 4 aliphatic rings. The third kappa shape index (κ3) is 6.01. The zero-order valence-corrected chi connectivity index (χ0v) is 29.0. The van der Waals surface area contributed by atoms with Crippen LogP contribution in [-0.2, 0) is 16.4 Å². The molecule has 4 fully saturated rings. The predicted octanol–water partition coefficient (Wildman–Crippen LogP) is 6.54. The smallest absolute Gasteiger partial charge is 0.254 e. The number of nitrogens with two attached hydrogens (primary N) is 1. The van der Waals surface area contributed by atoms with Crippen molar-refractivity contribution in [1.29, 1.82) is 0 Å². The number of amides is 1. The van der Waals surface area contributed by atoms with Gasteiger partial charge in [0.1, 0.15) is 22.6 Å². The number of likely N-dealkylation sites (tertiary alicyclic amines) is 2. The summed E-state index contributed by atoms with van der Waals surface area (Å²) in [5.41, 5.74) is 5.76. The molecule has 4 aromatic rings. The number of aromatic amines is 1. The molecule has 1 amide bonds. The number of aryl methyl sites for hydroxylation is 2. The minimum Gasteiger partial charge on any atom is -0.412 e. The van der Waals surface area contributed by atoms with Crippen molar-refractivity contribution in [3.05, 3.63) is 94.6 Å². The highest BCUT2D eigenvalue weighted by atomic mass is 32.2. The van der Waals surface area contributed by atoms with Crippen molar-refractivity contribution in [2.75, 3.05) is 19.6 Å². The molecular weight excluding hydrogens is 626 g/mol. The molecule has 5 atom stereocenters. The maximum Gasteiger partial charge on any atom is 0.254 e. The molecule has 3 aromatic carbocycles. The first-order chi connectivity index (χ1) is 22.6. The molecule has 2 saturated heterocycles. The molecule has 260 valence electrons. The maximum absolute atomic E-state index is 14.4. The molecule has 1 spiro atoms. The van der Waals surface area contributed by atoms with E-state index in [-0.39, 0.29) is 25.5 Å². The number of piperidine rings is 1. The number of para-hydroxylation sites is 2. The van der Waals surface area contributed by atoms with Gasteiger partial charge in [-0.15, -0.1) is 0 Å². The number of imidazole rings is 1. The lowest BCUT2D eigenvalue weighted by atomic mass is 9.64. The molecule has 2 saturated carbocycles. The van der Waals surface area contributed by atoms with Crippen LogP contribution in [0.1, 0.15) is 87.1 Å². The van der Waals surface area contributed by atoms with Crippen LogP contribution in [0.3, 0.4) is 0 Å². The summed E-state index contributed by atoms with van der Waals surface area (Å²) < 4.78 is 26.4. The first-order valence-corrected chi connectivity index (χ1v) is 18.3. The van der Waals surface area contributed by atoms with Gasteiger partial charge in [-0.2, -0.15) is 0 Å². The van der Waals surface area contributed by atoms with Crippen LogP contribution < -0.4 is 5.14 Å². The second-order valence-corrected chi connectivity index (χ2v) is 15.3. The van der Waals surface area contributed by atoms with Gasteiger partial charge in [0.05, 0.1) is 15.9 Å². The van der Waals surface area contributed by atoms with Gasteiger partial charge in [-0.3, -0.25) is 9.69 Å². The van der Waals surface area contributed by atoms with Crippen LogP contribution in [0.4, 0.5) is 4.39 Å². The number of carbonyl (C=O) groups is 1. The summed E-state index contributed by atoms with van der Waals surface area (Å²) in [5.74, 6) is 1.65. The van der Waals surface area contributed by atoms with Crippen LogP contribution in [0.25, 0.3) is 11.0 Å². The lowest BCUT2D eigenvalue weighted by Crippen LogP contribution is -2.47. The fraction of sp³-hybridized carbons (Fsp3) is 0.474. The standard InChI is InChI=1S/C30H38FN3O2S.C8H8N2.H2O.2H2/c1-20-9-10-25(37(32)36)21(2)27(20)28(35)33-16-13-29(14-17-33,23-6-3-7-24(31)19-23)15-18-34-26-8-4-5-22-11-12-30(22,26)34;1-6-9-7-4-2-3-5-8(7)10-6;;;/h3,6-7,9-10,19,22,26H,4-5,8,11-18,32H2,1-2H3;2-5H,1H3,(H,9,10);1H2;2*1H. The van der Waals surface area contributed by atoms with E-state index in [0.717, 1.165) is 65.8 Å². The van der Waals surface area contributed by atoms with Crippen LogP contribution in [0.5, 0.6) is 0 Å². The number of nitrogens with zero attached hydrogens (tertiary/aromatic N) is 3. The van der Waals surface area contributed by atoms with Crippen LogP contribution in [0, 0.1) is 32.5 Å². The summed E-state index contributed by atoms with van der Waals surface area (Å²) in [6.45, 7) is 8.02.